The fraction of sp³-hybridized carbons (Fsp3) is 0.455. The smallest absolute Gasteiger partial charge is 0.348 e. The van der Waals surface area contributed by atoms with Crippen LogP contribution in [0.25, 0.3) is 0 Å². The van der Waals surface area contributed by atoms with E-state index in [2.05, 4.69) is 0 Å². The fourth-order valence-corrected chi connectivity index (χ4v) is 3.60. The molecule has 2 nitrogen and oxygen atoms in total. The minimum absolute atomic E-state index is 0.0818. The van der Waals surface area contributed by atoms with E-state index in [1.165, 1.54) is 12.1 Å². The highest BCUT2D eigenvalue weighted by atomic mass is 19.4. The monoisotopic (exact) mass is 450 g/mol. The second-order valence-corrected chi connectivity index (χ2v) is 7.53. The molecule has 170 valence electrons. The van der Waals surface area contributed by atoms with Crippen LogP contribution in [0, 0.1) is 29.2 Å². The summed E-state index contributed by atoms with van der Waals surface area (Å²) >= 11 is 0. The molecule has 0 N–H and O–H groups in total. The molecule has 0 spiro atoms. The Kier molecular flexibility index (Phi) is 7.26. The van der Waals surface area contributed by atoms with Crippen LogP contribution in [0.1, 0.15) is 48.3 Å². The minimum atomic E-state index is -5.17. The maximum absolute atomic E-state index is 14.6. The van der Waals surface area contributed by atoms with Crippen molar-refractivity contribution in [3.63, 3.8) is 0 Å². The third-order valence-corrected chi connectivity index (χ3v) is 5.18. The van der Waals surface area contributed by atoms with E-state index in [9.17, 15) is 30.7 Å². The Morgan fingerprint density at radius 2 is 1.52 bits per heavy atom. The van der Waals surface area contributed by atoms with Gasteiger partial charge in [0.1, 0.15) is 17.2 Å². The van der Waals surface area contributed by atoms with E-state index in [1.54, 1.807) is 0 Å². The van der Waals surface area contributed by atoms with Gasteiger partial charge in [0.15, 0.2) is 17.9 Å². The number of ether oxygens (including phenoxy) is 2. The van der Waals surface area contributed by atoms with Crippen LogP contribution in [0.4, 0.5) is 30.7 Å². The Morgan fingerprint density at radius 1 is 0.903 bits per heavy atom. The van der Waals surface area contributed by atoms with Crippen molar-refractivity contribution >= 4 is 0 Å². The van der Waals surface area contributed by atoms with Crippen LogP contribution in [-0.2, 0) is 28.5 Å². The van der Waals surface area contributed by atoms with Gasteiger partial charge in [-0.15, -0.1) is 0 Å². The van der Waals surface area contributed by atoms with Crippen molar-refractivity contribution in [1.82, 2.24) is 0 Å². The molecule has 3 rings (SSSR count). The topological polar surface area (TPSA) is 18.5 Å². The van der Waals surface area contributed by atoms with E-state index < -0.39 is 41.3 Å². The first-order valence-corrected chi connectivity index (χ1v) is 9.86. The second-order valence-electron chi connectivity index (χ2n) is 7.53. The summed E-state index contributed by atoms with van der Waals surface area (Å²) in [6.07, 6.45) is -4.71. The zero-order chi connectivity index (χ0) is 22.8. The van der Waals surface area contributed by atoms with Crippen LogP contribution >= 0.6 is 0 Å². The van der Waals surface area contributed by atoms with Crippen molar-refractivity contribution in [2.24, 2.45) is 5.92 Å². The lowest BCUT2D eigenvalue weighted by Crippen LogP contribution is -2.27. The molecule has 0 saturated carbocycles. The van der Waals surface area contributed by atoms with Crippen molar-refractivity contribution in [2.45, 2.75) is 45.1 Å². The van der Waals surface area contributed by atoms with Gasteiger partial charge in [0.25, 0.3) is 0 Å². The lowest BCUT2D eigenvalue weighted by Gasteiger charge is -2.29. The molecule has 1 fully saturated rings. The SMILES string of the molecule is CCCC1COC(c2ccc(CCc3cc(F)c(C(F)(F)F)c(F)c3)c(F)c2F)OC1. The number of hydrogen-bond acceptors (Lipinski definition) is 2. The molecule has 1 aliphatic rings. The van der Waals surface area contributed by atoms with Gasteiger partial charge in [0.05, 0.1) is 13.2 Å². The number of hydrogen-bond donors (Lipinski definition) is 0. The molecule has 0 aliphatic carbocycles. The van der Waals surface area contributed by atoms with E-state index >= 15 is 0 Å². The predicted molar refractivity (Wildman–Crippen MR) is 98.2 cm³/mol. The standard InChI is InChI=1S/C22H21F7O2/c1-2-3-13-10-30-21(31-11-13)15-7-6-14(19(25)20(15)26)5-4-12-8-16(23)18(17(24)9-12)22(27,28)29/h6-9,13,21H,2-5,10-11H2,1H3. The zero-order valence-corrected chi connectivity index (χ0v) is 16.7. The molecule has 31 heavy (non-hydrogen) atoms. The molecule has 1 heterocycles. The third kappa shape index (κ3) is 5.38. The maximum atomic E-state index is 14.6. The van der Waals surface area contributed by atoms with E-state index in [-0.39, 0.29) is 35.4 Å². The molecule has 0 radical (unpaired) electrons. The van der Waals surface area contributed by atoms with Gasteiger partial charge in [-0.25, -0.2) is 17.6 Å². The van der Waals surface area contributed by atoms with E-state index in [1.807, 2.05) is 6.92 Å². The first kappa shape index (κ1) is 23.5. The van der Waals surface area contributed by atoms with Crippen LogP contribution < -0.4 is 0 Å². The van der Waals surface area contributed by atoms with Crippen LogP contribution in [-0.4, -0.2) is 13.2 Å². The van der Waals surface area contributed by atoms with Gasteiger partial charge in [-0.3, -0.25) is 0 Å². The fourth-order valence-electron chi connectivity index (χ4n) is 3.60. The van der Waals surface area contributed by atoms with Gasteiger partial charge in [0, 0.05) is 11.5 Å². The predicted octanol–water partition coefficient (Wildman–Crippen LogP) is 6.51. The molecule has 0 unspecified atom stereocenters. The van der Waals surface area contributed by atoms with Gasteiger partial charge in [0.2, 0.25) is 0 Å². The number of rotatable bonds is 6. The highest BCUT2D eigenvalue weighted by Gasteiger charge is 2.38. The lowest BCUT2D eigenvalue weighted by molar-refractivity contribution is -0.207. The van der Waals surface area contributed by atoms with Gasteiger partial charge in [-0.1, -0.05) is 25.5 Å². The van der Waals surface area contributed by atoms with Gasteiger partial charge < -0.3 is 9.47 Å². The minimum Gasteiger partial charge on any atom is -0.348 e. The summed E-state index contributed by atoms with van der Waals surface area (Å²) < 4.78 is 105. The molecule has 0 atom stereocenters. The average molecular weight is 450 g/mol. The largest absolute Gasteiger partial charge is 0.422 e. The summed E-state index contributed by atoms with van der Waals surface area (Å²) in [5.74, 6) is -5.62. The van der Waals surface area contributed by atoms with Gasteiger partial charge in [-0.2, -0.15) is 13.2 Å². The van der Waals surface area contributed by atoms with Crippen molar-refractivity contribution in [2.75, 3.05) is 13.2 Å². The lowest BCUT2D eigenvalue weighted by atomic mass is 10.00. The number of alkyl halides is 3. The third-order valence-electron chi connectivity index (χ3n) is 5.18. The molecule has 0 amide bonds. The zero-order valence-electron chi connectivity index (χ0n) is 16.7. The van der Waals surface area contributed by atoms with Gasteiger partial charge >= 0.3 is 6.18 Å². The molecular formula is C22H21F7O2. The second kappa shape index (κ2) is 9.56. The molecule has 1 aliphatic heterocycles. The van der Waals surface area contributed by atoms with Crippen molar-refractivity contribution in [1.29, 1.82) is 0 Å². The molecule has 2 aromatic carbocycles. The first-order valence-electron chi connectivity index (χ1n) is 9.86. The summed E-state index contributed by atoms with van der Waals surface area (Å²) in [5, 5.41) is 0. The summed E-state index contributed by atoms with van der Waals surface area (Å²) in [4.78, 5) is 0. The Bertz CT molecular complexity index is 896. The van der Waals surface area contributed by atoms with E-state index in [4.69, 9.17) is 9.47 Å². The molecule has 1 saturated heterocycles. The van der Waals surface area contributed by atoms with Crippen LogP contribution in [0.15, 0.2) is 24.3 Å². The average Bonchev–Trinajstić information content (AvgIpc) is 2.68. The summed E-state index contributed by atoms with van der Waals surface area (Å²) in [7, 11) is 0. The number of halogens is 7. The molecule has 0 bridgehead atoms. The van der Waals surface area contributed by atoms with Crippen LogP contribution in [0.2, 0.25) is 0 Å². The Labute approximate surface area is 175 Å². The quantitative estimate of drug-likeness (QED) is 0.467. The molecule has 2 aromatic rings. The number of aryl methyl sites for hydroxylation is 2. The maximum Gasteiger partial charge on any atom is 0.422 e. The normalized spacial score (nSPS) is 19.6. The van der Waals surface area contributed by atoms with Crippen molar-refractivity contribution in [3.05, 3.63) is 69.8 Å². The number of benzene rings is 2. The summed E-state index contributed by atoms with van der Waals surface area (Å²) in [6.45, 7) is 2.76. The summed E-state index contributed by atoms with van der Waals surface area (Å²) in [5.41, 5.74) is -2.26. The van der Waals surface area contributed by atoms with Crippen molar-refractivity contribution in [3.8, 4) is 0 Å². The van der Waals surface area contributed by atoms with E-state index in [0.29, 0.717) is 25.3 Å². The Morgan fingerprint density at radius 3 is 2.06 bits per heavy atom. The van der Waals surface area contributed by atoms with E-state index in [0.717, 1.165) is 12.8 Å². The first-order chi connectivity index (χ1) is 14.6. The summed E-state index contributed by atoms with van der Waals surface area (Å²) in [6, 6.07) is 3.71. The highest BCUT2D eigenvalue weighted by Crippen LogP contribution is 2.34. The van der Waals surface area contributed by atoms with Crippen molar-refractivity contribution < 1.29 is 40.2 Å². The molecule has 9 heteroatoms. The Balaban J connectivity index is 1.71. The molecular weight excluding hydrogens is 429 g/mol. The van der Waals surface area contributed by atoms with Crippen LogP contribution in [0.3, 0.4) is 0 Å². The van der Waals surface area contributed by atoms with Crippen LogP contribution in [0.5, 0.6) is 0 Å². The van der Waals surface area contributed by atoms with Gasteiger partial charge in [-0.05, 0) is 42.5 Å². The molecule has 0 aromatic heterocycles. The highest BCUT2D eigenvalue weighted by molar-refractivity contribution is 5.31. The Hall–Kier alpha value is -2.13.